The van der Waals surface area contributed by atoms with E-state index in [1.165, 1.54) is 5.56 Å². The minimum Gasteiger partial charge on any atom is -0.325 e. The summed E-state index contributed by atoms with van der Waals surface area (Å²) in [7, 11) is 0. The molecular weight excluding hydrogens is 319 g/mol. The summed E-state index contributed by atoms with van der Waals surface area (Å²) in [4.78, 5) is 11.9. The van der Waals surface area contributed by atoms with E-state index in [0.717, 1.165) is 0 Å². The van der Waals surface area contributed by atoms with Gasteiger partial charge in [0.1, 0.15) is 0 Å². The van der Waals surface area contributed by atoms with Gasteiger partial charge in [0.25, 0.3) is 0 Å². The normalized spacial score (nSPS) is 12.0. The van der Waals surface area contributed by atoms with Crippen LogP contribution in [0.15, 0.2) is 48.5 Å². The van der Waals surface area contributed by atoms with E-state index in [1.807, 2.05) is 18.2 Å². The lowest BCUT2D eigenvalue weighted by molar-refractivity contribution is -0.116. The van der Waals surface area contributed by atoms with Gasteiger partial charge in [-0.15, -0.1) is 0 Å². The van der Waals surface area contributed by atoms with Crippen LogP contribution in [0.3, 0.4) is 0 Å². The fourth-order valence-corrected chi connectivity index (χ4v) is 2.40. The zero-order valence-corrected chi connectivity index (χ0v) is 13.8. The zero-order chi connectivity index (χ0) is 15.9. The number of hydrogen-bond donors (Lipinski definition) is 2. The molecule has 0 fully saturated rings. The Morgan fingerprint density at radius 1 is 1.14 bits per heavy atom. The van der Waals surface area contributed by atoms with E-state index >= 15 is 0 Å². The van der Waals surface area contributed by atoms with Crippen molar-refractivity contribution in [3.8, 4) is 0 Å². The summed E-state index contributed by atoms with van der Waals surface area (Å²) in [5.41, 5.74) is 1.73. The van der Waals surface area contributed by atoms with Crippen molar-refractivity contribution >= 4 is 34.8 Å². The van der Waals surface area contributed by atoms with Crippen LogP contribution in [0.1, 0.15) is 24.9 Å². The summed E-state index contributed by atoms with van der Waals surface area (Å²) in [5, 5.41) is 7.10. The largest absolute Gasteiger partial charge is 0.325 e. The number of halogens is 2. The second-order valence-corrected chi connectivity index (χ2v) is 5.85. The van der Waals surface area contributed by atoms with Gasteiger partial charge in [-0.3, -0.25) is 4.79 Å². The summed E-state index contributed by atoms with van der Waals surface area (Å²) in [6.07, 6.45) is 0.361. The Hall–Kier alpha value is -1.55. The minimum atomic E-state index is -0.100. The molecule has 0 heterocycles. The monoisotopic (exact) mass is 336 g/mol. The highest BCUT2D eigenvalue weighted by Gasteiger charge is 2.08. The molecule has 0 bridgehead atoms. The third kappa shape index (κ3) is 5.02. The Morgan fingerprint density at radius 2 is 1.86 bits per heavy atom. The number of rotatable bonds is 6. The summed E-state index contributed by atoms with van der Waals surface area (Å²) in [6, 6.07) is 15.3. The molecule has 1 atom stereocenters. The number of nitrogens with one attached hydrogen (secondary N) is 2. The highest BCUT2D eigenvalue weighted by molar-refractivity contribution is 6.35. The predicted octanol–water partition coefficient (Wildman–Crippen LogP) is 4.67. The summed E-state index contributed by atoms with van der Waals surface area (Å²) >= 11 is 11.9. The van der Waals surface area contributed by atoms with Crippen LogP contribution in [0.25, 0.3) is 0 Å². The number of carbonyl (C=O) groups excluding carboxylic acids is 1. The molecule has 0 spiro atoms. The van der Waals surface area contributed by atoms with E-state index in [9.17, 15) is 4.79 Å². The van der Waals surface area contributed by atoms with Crippen molar-refractivity contribution in [3.05, 3.63) is 64.1 Å². The van der Waals surface area contributed by atoms with Crippen molar-refractivity contribution in [1.29, 1.82) is 0 Å². The van der Waals surface area contributed by atoms with Gasteiger partial charge < -0.3 is 10.6 Å². The first-order valence-corrected chi connectivity index (χ1v) is 7.85. The molecule has 0 radical (unpaired) electrons. The molecule has 2 aromatic carbocycles. The summed E-state index contributed by atoms with van der Waals surface area (Å²) in [6.45, 7) is 2.65. The SMILES string of the molecule is CC(NCCC(=O)Nc1cc(Cl)ccc1Cl)c1ccccc1. The molecule has 0 saturated carbocycles. The van der Waals surface area contributed by atoms with Crippen molar-refractivity contribution in [2.75, 3.05) is 11.9 Å². The van der Waals surface area contributed by atoms with Gasteiger partial charge in [0, 0.05) is 24.0 Å². The van der Waals surface area contributed by atoms with Crippen LogP contribution in [0.5, 0.6) is 0 Å². The van der Waals surface area contributed by atoms with Crippen molar-refractivity contribution in [1.82, 2.24) is 5.32 Å². The molecule has 0 saturated heterocycles. The molecule has 2 rings (SSSR count). The fourth-order valence-electron chi connectivity index (χ4n) is 2.07. The Balaban J connectivity index is 1.80. The average Bonchev–Trinajstić information content (AvgIpc) is 2.51. The van der Waals surface area contributed by atoms with Gasteiger partial charge in [-0.2, -0.15) is 0 Å². The van der Waals surface area contributed by atoms with Gasteiger partial charge >= 0.3 is 0 Å². The highest BCUT2D eigenvalue weighted by atomic mass is 35.5. The Kier molecular flexibility index (Phi) is 6.25. The Labute approximate surface area is 140 Å². The van der Waals surface area contributed by atoms with Crippen LogP contribution >= 0.6 is 23.2 Å². The number of hydrogen-bond acceptors (Lipinski definition) is 2. The van der Waals surface area contributed by atoms with Crippen LogP contribution in [0, 0.1) is 0 Å². The van der Waals surface area contributed by atoms with Crippen molar-refractivity contribution < 1.29 is 4.79 Å². The van der Waals surface area contributed by atoms with E-state index < -0.39 is 0 Å². The quantitative estimate of drug-likeness (QED) is 0.804. The standard InChI is InChI=1S/C17H18Cl2N2O/c1-12(13-5-3-2-4-6-13)20-10-9-17(22)21-16-11-14(18)7-8-15(16)19/h2-8,11-12,20H,9-10H2,1H3,(H,21,22). The number of amides is 1. The molecule has 5 heteroatoms. The molecule has 1 unspecified atom stereocenters. The maximum absolute atomic E-state index is 11.9. The molecule has 0 aliphatic carbocycles. The maximum Gasteiger partial charge on any atom is 0.225 e. The van der Waals surface area contributed by atoms with Gasteiger partial charge in [0.2, 0.25) is 5.91 Å². The van der Waals surface area contributed by atoms with E-state index in [1.54, 1.807) is 18.2 Å². The molecule has 116 valence electrons. The van der Waals surface area contributed by atoms with Crippen LogP contribution in [0.4, 0.5) is 5.69 Å². The van der Waals surface area contributed by atoms with Crippen molar-refractivity contribution in [2.24, 2.45) is 0 Å². The number of benzene rings is 2. The molecule has 0 aliphatic heterocycles. The molecule has 22 heavy (non-hydrogen) atoms. The zero-order valence-electron chi connectivity index (χ0n) is 12.3. The van der Waals surface area contributed by atoms with Crippen LogP contribution in [-0.2, 0) is 4.79 Å². The Morgan fingerprint density at radius 3 is 2.59 bits per heavy atom. The van der Waals surface area contributed by atoms with Gasteiger partial charge in [-0.1, -0.05) is 53.5 Å². The molecule has 2 aromatic rings. The van der Waals surface area contributed by atoms with Gasteiger partial charge in [0.05, 0.1) is 10.7 Å². The smallest absolute Gasteiger partial charge is 0.225 e. The lowest BCUT2D eigenvalue weighted by atomic mass is 10.1. The average molecular weight is 337 g/mol. The van der Waals surface area contributed by atoms with E-state index in [4.69, 9.17) is 23.2 Å². The van der Waals surface area contributed by atoms with Crippen molar-refractivity contribution in [3.63, 3.8) is 0 Å². The molecule has 2 N–H and O–H groups in total. The first-order valence-electron chi connectivity index (χ1n) is 7.09. The van der Waals surface area contributed by atoms with Crippen LogP contribution < -0.4 is 10.6 Å². The third-order valence-corrected chi connectivity index (χ3v) is 3.87. The second-order valence-electron chi connectivity index (χ2n) is 5.01. The van der Waals surface area contributed by atoms with Gasteiger partial charge in [-0.05, 0) is 30.7 Å². The van der Waals surface area contributed by atoms with Crippen LogP contribution in [0.2, 0.25) is 10.0 Å². The first kappa shape index (κ1) is 16.8. The van der Waals surface area contributed by atoms with Gasteiger partial charge in [-0.25, -0.2) is 0 Å². The highest BCUT2D eigenvalue weighted by Crippen LogP contribution is 2.25. The van der Waals surface area contributed by atoms with Crippen molar-refractivity contribution in [2.45, 2.75) is 19.4 Å². The second kappa shape index (κ2) is 8.18. The summed E-state index contributed by atoms with van der Waals surface area (Å²) in [5.74, 6) is -0.100. The topological polar surface area (TPSA) is 41.1 Å². The van der Waals surface area contributed by atoms with E-state index in [2.05, 4.69) is 29.7 Å². The Bertz CT molecular complexity index is 632. The number of anilines is 1. The number of carbonyl (C=O) groups is 1. The van der Waals surface area contributed by atoms with Crippen LogP contribution in [-0.4, -0.2) is 12.5 Å². The molecule has 0 aliphatic rings. The maximum atomic E-state index is 11.9. The summed E-state index contributed by atoms with van der Waals surface area (Å²) < 4.78 is 0. The lowest BCUT2D eigenvalue weighted by Crippen LogP contribution is -2.24. The fraction of sp³-hybridized carbons (Fsp3) is 0.235. The van der Waals surface area contributed by atoms with E-state index in [0.29, 0.717) is 28.7 Å². The minimum absolute atomic E-state index is 0.100. The third-order valence-electron chi connectivity index (χ3n) is 3.30. The first-order chi connectivity index (χ1) is 10.6. The molecular formula is C17H18Cl2N2O. The van der Waals surface area contributed by atoms with E-state index in [-0.39, 0.29) is 11.9 Å². The predicted molar refractivity (Wildman–Crippen MR) is 92.6 cm³/mol. The van der Waals surface area contributed by atoms with Gasteiger partial charge in [0.15, 0.2) is 0 Å². The molecule has 3 nitrogen and oxygen atoms in total. The molecule has 0 aromatic heterocycles. The lowest BCUT2D eigenvalue weighted by Gasteiger charge is -2.14. The molecule has 1 amide bonds.